The van der Waals surface area contributed by atoms with Crippen LogP contribution in [0.3, 0.4) is 0 Å². The standard InChI is InChI=1S/C31H32BN3O4/c1-4-5-15-35-23(10-12-29(36)37)19-33-28(35)20-34-16-13-22(14-17-34)24-7-6-8-27-30(24)39-31(3,38-27)25-11-9-21(2)18-26(25)32/h6-12,18-19,22H,13-17,20H2,1-3H3,(H,36,37)/b12-10+. The third kappa shape index (κ3) is 5.60. The van der Waals surface area contributed by atoms with Gasteiger partial charge in [0.15, 0.2) is 11.5 Å². The molecule has 2 aliphatic rings. The lowest BCUT2D eigenvalue weighted by atomic mass is 9.85. The van der Waals surface area contributed by atoms with Crippen LogP contribution < -0.4 is 14.9 Å². The average Bonchev–Trinajstić information content (AvgIpc) is 3.46. The summed E-state index contributed by atoms with van der Waals surface area (Å²) in [7, 11) is 6.34. The first-order chi connectivity index (χ1) is 18.8. The minimum atomic E-state index is -0.989. The molecule has 0 spiro atoms. The quantitative estimate of drug-likeness (QED) is 0.286. The van der Waals surface area contributed by atoms with Crippen LogP contribution in [0.2, 0.25) is 0 Å². The maximum Gasteiger partial charge on any atom is 0.328 e. The van der Waals surface area contributed by atoms with E-state index >= 15 is 0 Å². The smallest absolute Gasteiger partial charge is 0.328 e. The molecule has 0 amide bonds. The summed E-state index contributed by atoms with van der Waals surface area (Å²) < 4.78 is 14.8. The summed E-state index contributed by atoms with van der Waals surface area (Å²) in [6, 6.07) is 12.1. The highest BCUT2D eigenvalue weighted by Crippen LogP contribution is 2.49. The predicted molar refractivity (Wildman–Crippen MR) is 151 cm³/mol. The highest BCUT2D eigenvalue weighted by atomic mass is 16.7. The zero-order chi connectivity index (χ0) is 27.6. The number of para-hydroxylation sites is 1. The van der Waals surface area contributed by atoms with Gasteiger partial charge < -0.3 is 19.1 Å². The largest absolute Gasteiger partial charge is 0.478 e. The van der Waals surface area contributed by atoms with E-state index in [1.807, 2.05) is 48.7 Å². The summed E-state index contributed by atoms with van der Waals surface area (Å²) in [5.74, 6) is 6.81. The number of likely N-dealkylation sites (tertiary alicyclic amines) is 1. The highest BCUT2D eigenvalue weighted by Gasteiger charge is 2.41. The van der Waals surface area contributed by atoms with Crippen molar-refractivity contribution in [2.75, 3.05) is 13.1 Å². The minimum absolute atomic E-state index is 0.345. The fourth-order valence-corrected chi connectivity index (χ4v) is 5.46. The Balaban J connectivity index is 1.28. The maximum absolute atomic E-state index is 11.0. The lowest BCUT2D eigenvalue weighted by Crippen LogP contribution is -2.37. The van der Waals surface area contributed by atoms with Gasteiger partial charge in [-0.1, -0.05) is 47.3 Å². The SMILES string of the molecule is [B]c1cc(C)ccc1C1(C)Oc2cccc(C3CCN(Cc4ncc(/C=C/C(=O)O)n4CC#CC)CC3)c2O1. The van der Waals surface area contributed by atoms with Crippen LogP contribution in [-0.4, -0.2) is 46.5 Å². The molecule has 0 aliphatic carbocycles. The number of carboxylic acid groups (broad SMARTS) is 1. The molecule has 1 saturated heterocycles. The van der Waals surface area contributed by atoms with E-state index in [1.165, 1.54) is 5.56 Å². The molecule has 0 saturated carbocycles. The number of imidazole rings is 1. The second kappa shape index (κ2) is 11.0. The van der Waals surface area contributed by atoms with E-state index in [9.17, 15) is 4.79 Å². The molecule has 2 radical (unpaired) electrons. The van der Waals surface area contributed by atoms with Crippen molar-refractivity contribution >= 4 is 25.4 Å². The van der Waals surface area contributed by atoms with Crippen LogP contribution in [-0.2, 0) is 23.7 Å². The van der Waals surface area contributed by atoms with E-state index in [2.05, 4.69) is 27.8 Å². The number of carboxylic acids is 1. The van der Waals surface area contributed by atoms with Crippen LogP contribution in [0.15, 0.2) is 48.7 Å². The number of piperidine rings is 1. The van der Waals surface area contributed by atoms with E-state index in [-0.39, 0.29) is 0 Å². The zero-order valence-electron chi connectivity index (χ0n) is 22.6. The van der Waals surface area contributed by atoms with Gasteiger partial charge in [-0.2, -0.15) is 0 Å². The predicted octanol–water partition coefficient (Wildman–Crippen LogP) is 4.13. The number of aromatic nitrogens is 2. The van der Waals surface area contributed by atoms with Crippen molar-refractivity contribution in [1.82, 2.24) is 14.5 Å². The summed E-state index contributed by atoms with van der Waals surface area (Å²) in [4.78, 5) is 18.0. The van der Waals surface area contributed by atoms with Crippen molar-refractivity contribution in [2.24, 2.45) is 0 Å². The van der Waals surface area contributed by atoms with Gasteiger partial charge in [-0.15, -0.1) is 5.92 Å². The molecule has 1 fully saturated rings. The van der Waals surface area contributed by atoms with Gasteiger partial charge in [0.25, 0.3) is 5.79 Å². The van der Waals surface area contributed by atoms with Crippen molar-refractivity contribution in [3.63, 3.8) is 0 Å². The Morgan fingerprint density at radius 2 is 2.05 bits per heavy atom. The number of benzene rings is 2. The third-order valence-corrected chi connectivity index (χ3v) is 7.48. The number of hydrogen-bond acceptors (Lipinski definition) is 5. The molecule has 2 aliphatic heterocycles. The summed E-state index contributed by atoms with van der Waals surface area (Å²) in [6.07, 6.45) is 6.36. The fourth-order valence-electron chi connectivity index (χ4n) is 5.46. The molecule has 3 heterocycles. The number of fused-ring (bicyclic) bond motifs is 1. The molecular weight excluding hydrogens is 489 g/mol. The minimum Gasteiger partial charge on any atom is -0.478 e. The van der Waals surface area contributed by atoms with E-state index in [4.69, 9.17) is 22.4 Å². The van der Waals surface area contributed by atoms with Crippen LogP contribution in [0.1, 0.15) is 60.8 Å². The molecule has 1 atom stereocenters. The molecular formula is C31H32BN3O4. The summed E-state index contributed by atoms with van der Waals surface area (Å²) in [5, 5.41) is 9.02. The number of rotatable bonds is 7. The fraction of sp³-hybridized carbons (Fsp3) is 0.355. The monoisotopic (exact) mass is 521 g/mol. The van der Waals surface area contributed by atoms with Crippen molar-refractivity contribution in [1.29, 1.82) is 0 Å². The topological polar surface area (TPSA) is 76.8 Å². The molecule has 1 aromatic heterocycles. The lowest BCUT2D eigenvalue weighted by molar-refractivity contribution is -0.131. The van der Waals surface area contributed by atoms with Crippen molar-refractivity contribution in [3.05, 3.63) is 76.9 Å². The second-order valence-corrected chi connectivity index (χ2v) is 10.2. The highest BCUT2D eigenvalue weighted by molar-refractivity contribution is 6.33. The lowest BCUT2D eigenvalue weighted by Gasteiger charge is -2.32. The zero-order valence-corrected chi connectivity index (χ0v) is 22.6. The Morgan fingerprint density at radius 3 is 2.77 bits per heavy atom. The van der Waals surface area contributed by atoms with E-state index in [0.29, 0.717) is 24.5 Å². The molecule has 0 bridgehead atoms. The van der Waals surface area contributed by atoms with Crippen LogP contribution >= 0.6 is 0 Å². The van der Waals surface area contributed by atoms with Crippen LogP contribution in [0.25, 0.3) is 6.08 Å². The molecule has 1 unspecified atom stereocenters. The van der Waals surface area contributed by atoms with E-state index in [1.54, 1.807) is 19.2 Å². The first-order valence-corrected chi connectivity index (χ1v) is 13.2. The van der Waals surface area contributed by atoms with Gasteiger partial charge in [0, 0.05) is 24.1 Å². The first-order valence-electron chi connectivity index (χ1n) is 13.2. The van der Waals surface area contributed by atoms with Crippen molar-refractivity contribution in [3.8, 4) is 23.3 Å². The van der Waals surface area contributed by atoms with Gasteiger partial charge >= 0.3 is 5.97 Å². The second-order valence-electron chi connectivity index (χ2n) is 10.2. The third-order valence-electron chi connectivity index (χ3n) is 7.48. The number of carbonyl (C=O) groups is 1. The number of nitrogens with zero attached hydrogens (tertiary/aromatic N) is 3. The molecule has 2 aromatic carbocycles. The normalized spacial score (nSPS) is 19.3. The molecule has 1 N–H and O–H groups in total. The summed E-state index contributed by atoms with van der Waals surface area (Å²) in [5.41, 5.74) is 4.48. The number of aliphatic carboxylic acids is 1. The molecule has 3 aromatic rings. The van der Waals surface area contributed by atoms with E-state index < -0.39 is 11.8 Å². The number of ether oxygens (including phenoxy) is 2. The van der Waals surface area contributed by atoms with Gasteiger partial charge in [-0.25, -0.2) is 9.78 Å². The number of hydrogen-bond donors (Lipinski definition) is 1. The van der Waals surface area contributed by atoms with Crippen LogP contribution in [0.5, 0.6) is 11.5 Å². The Hall–Kier alpha value is -3.96. The van der Waals surface area contributed by atoms with E-state index in [0.717, 1.165) is 66.2 Å². The molecule has 198 valence electrons. The molecule has 5 rings (SSSR count). The first kappa shape index (κ1) is 26.6. The van der Waals surface area contributed by atoms with Crippen molar-refractivity contribution in [2.45, 2.75) is 58.4 Å². The molecule has 8 heteroatoms. The molecule has 39 heavy (non-hydrogen) atoms. The molecule has 7 nitrogen and oxygen atoms in total. The van der Waals surface area contributed by atoms with Gasteiger partial charge in [-0.05, 0) is 57.8 Å². The Kier molecular flexibility index (Phi) is 7.54. The van der Waals surface area contributed by atoms with Gasteiger partial charge in [0.05, 0.1) is 25.0 Å². The Morgan fingerprint density at radius 1 is 1.26 bits per heavy atom. The average molecular weight is 521 g/mol. The Labute approximate surface area is 230 Å². The Bertz CT molecular complexity index is 1480. The summed E-state index contributed by atoms with van der Waals surface area (Å²) in [6.45, 7) is 8.69. The number of aryl methyl sites for hydroxylation is 1. The van der Waals surface area contributed by atoms with Crippen molar-refractivity contribution < 1.29 is 19.4 Å². The van der Waals surface area contributed by atoms with Crippen LogP contribution in [0, 0.1) is 18.8 Å². The van der Waals surface area contributed by atoms with Gasteiger partial charge in [0.1, 0.15) is 13.7 Å². The maximum atomic E-state index is 11.0. The van der Waals surface area contributed by atoms with Gasteiger partial charge in [0.2, 0.25) is 0 Å². The van der Waals surface area contributed by atoms with Gasteiger partial charge in [-0.3, -0.25) is 4.90 Å². The summed E-state index contributed by atoms with van der Waals surface area (Å²) >= 11 is 0. The van der Waals surface area contributed by atoms with Crippen LogP contribution in [0.4, 0.5) is 0 Å².